The first kappa shape index (κ1) is 21.3. The first-order valence-electron chi connectivity index (χ1n) is 11.8. The van der Waals surface area contributed by atoms with Crippen molar-refractivity contribution >= 4 is 17.5 Å². The Hall–Kier alpha value is -2.52. The highest BCUT2D eigenvalue weighted by Crippen LogP contribution is 2.38. The molecule has 0 aromatic carbocycles. The molecule has 1 N–H and O–H groups in total. The van der Waals surface area contributed by atoms with Gasteiger partial charge < -0.3 is 19.9 Å². The second-order valence-electron chi connectivity index (χ2n) is 9.54. The average molecular weight is 441 g/mol. The summed E-state index contributed by atoms with van der Waals surface area (Å²) < 4.78 is 7.85. The van der Waals surface area contributed by atoms with Crippen molar-refractivity contribution in [1.29, 1.82) is 0 Å². The highest BCUT2D eigenvalue weighted by molar-refractivity contribution is 5.93. The predicted molar refractivity (Wildman–Crippen MR) is 118 cm³/mol. The van der Waals surface area contributed by atoms with E-state index >= 15 is 0 Å². The molecule has 32 heavy (non-hydrogen) atoms. The molecule has 3 fully saturated rings. The second-order valence-corrected chi connectivity index (χ2v) is 9.54. The highest BCUT2D eigenvalue weighted by Gasteiger charge is 2.50. The fourth-order valence-electron chi connectivity index (χ4n) is 5.29. The zero-order valence-electron chi connectivity index (χ0n) is 18.7. The first-order chi connectivity index (χ1) is 15.5. The van der Waals surface area contributed by atoms with Gasteiger partial charge in [-0.1, -0.05) is 6.42 Å². The van der Waals surface area contributed by atoms with Crippen LogP contribution in [0, 0.1) is 0 Å². The van der Waals surface area contributed by atoms with Gasteiger partial charge in [0, 0.05) is 37.5 Å². The third-order valence-corrected chi connectivity index (χ3v) is 7.22. The Morgan fingerprint density at radius 3 is 2.97 bits per heavy atom. The molecule has 0 bridgehead atoms. The summed E-state index contributed by atoms with van der Waals surface area (Å²) in [6, 6.07) is 3.99. The zero-order valence-corrected chi connectivity index (χ0v) is 18.7. The maximum Gasteiger partial charge on any atom is 0.271 e. The number of hydrogen-bond acceptors (Lipinski definition) is 6. The fraction of sp³-hybridized carbons (Fsp3) is 0.652. The molecule has 2 amide bonds. The first-order valence-corrected chi connectivity index (χ1v) is 11.8. The molecule has 2 atom stereocenters. The lowest BCUT2D eigenvalue weighted by Crippen LogP contribution is -2.63. The monoisotopic (exact) mass is 440 g/mol. The number of fused-ring (bicyclic) bond motifs is 1. The van der Waals surface area contributed by atoms with Crippen LogP contribution in [-0.2, 0) is 9.53 Å². The third-order valence-electron chi connectivity index (χ3n) is 7.22. The van der Waals surface area contributed by atoms with E-state index in [-0.39, 0.29) is 23.5 Å². The lowest BCUT2D eigenvalue weighted by Gasteiger charge is -2.47. The van der Waals surface area contributed by atoms with E-state index in [1.807, 2.05) is 4.90 Å². The Morgan fingerprint density at radius 1 is 1.28 bits per heavy atom. The average Bonchev–Trinajstić information content (AvgIpc) is 3.40. The number of ether oxygens (including phenoxy) is 1. The van der Waals surface area contributed by atoms with E-state index < -0.39 is 0 Å². The van der Waals surface area contributed by atoms with Gasteiger partial charge in [-0.3, -0.25) is 9.59 Å². The Balaban J connectivity index is 1.05. The van der Waals surface area contributed by atoms with Gasteiger partial charge >= 0.3 is 0 Å². The largest absolute Gasteiger partial charge is 0.366 e. The van der Waals surface area contributed by atoms with Crippen molar-refractivity contribution in [1.82, 2.24) is 29.7 Å². The van der Waals surface area contributed by atoms with Crippen LogP contribution in [0.5, 0.6) is 0 Å². The summed E-state index contributed by atoms with van der Waals surface area (Å²) >= 11 is 0. The molecule has 0 saturated carbocycles. The minimum Gasteiger partial charge on any atom is -0.366 e. The molecule has 3 aliphatic rings. The number of aromatic nitrogens is 3. The Labute approximate surface area is 188 Å². The predicted octanol–water partition coefficient (Wildman–Crippen LogP) is 1.48. The molecule has 9 nitrogen and oxygen atoms in total. The van der Waals surface area contributed by atoms with Crippen molar-refractivity contribution in [2.24, 2.45) is 0 Å². The van der Waals surface area contributed by atoms with Crippen LogP contribution in [0.3, 0.4) is 0 Å². The van der Waals surface area contributed by atoms with Crippen LogP contribution in [-0.4, -0.2) is 87.2 Å². The van der Waals surface area contributed by atoms with Crippen molar-refractivity contribution < 1.29 is 14.3 Å². The van der Waals surface area contributed by atoms with Gasteiger partial charge in [0.15, 0.2) is 11.3 Å². The summed E-state index contributed by atoms with van der Waals surface area (Å²) in [4.78, 5) is 33.6. The zero-order chi connectivity index (χ0) is 22.1. The number of rotatable bonds is 6. The van der Waals surface area contributed by atoms with Gasteiger partial charge in [-0.25, -0.2) is 9.50 Å². The molecule has 2 aromatic rings. The van der Waals surface area contributed by atoms with Crippen molar-refractivity contribution in [2.75, 3.05) is 33.2 Å². The summed E-state index contributed by atoms with van der Waals surface area (Å²) in [5, 5.41) is 7.18. The number of nitrogens with one attached hydrogen (secondary N) is 1. The van der Waals surface area contributed by atoms with Gasteiger partial charge in [-0.15, -0.1) is 0 Å². The van der Waals surface area contributed by atoms with Gasteiger partial charge in [0.2, 0.25) is 5.91 Å². The molecule has 3 aliphatic heterocycles. The minimum absolute atomic E-state index is 0.0257. The summed E-state index contributed by atoms with van der Waals surface area (Å²) in [6.45, 7) is 2.94. The Bertz CT molecular complexity index is 952. The summed E-state index contributed by atoms with van der Waals surface area (Å²) in [6.07, 6.45) is 10.6. The molecule has 1 spiro atoms. The maximum atomic E-state index is 12.6. The van der Waals surface area contributed by atoms with E-state index in [0.717, 1.165) is 25.8 Å². The smallest absolute Gasteiger partial charge is 0.271 e. The minimum atomic E-state index is -0.224. The molecular weight excluding hydrogens is 408 g/mol. The van der Waals surface area contributed by atoms with Crippen LogP contribution >= 0.6 is 0 Å². The molecule has 5 rings (SSSR count). The van der Waals surface area contributed by atoms with Gasteiger partial charge in [0.25, 0.3) is 5.91 Å². The Kier molecular flexibility index (Phi) is 5.86. The summed E-state index contributed by atoms with van der Waals surface area (Å²) in [5.41, 5.74) is 0.767. The van der Waals surface area contributed by atoms with Crippen molar-refractivity contribution in [2.45, 2.75) is 62.7 Å². The van der Waals surface area contributed by atoms with E-state index in [2.05, 4.69) is 27.3 Å². The van der Waals surface area contributed by atoms with E-state index in [1.165, 1.54) is 19.3 Å². The number of carbonyl (C=O) groups excluding carboxylic acids is 2. The number of likely N-dealkylation sites (tertiary alicyclic amines) is 2. The number of carbonyl (C=O) groups is 2. The number of hydrogen-bond donors (Lipinski definition) is 1. The lowest BCUT2D eigenvalue weighted by molar-refractivity contribution is -0.164. The molecule has 2 aromatic heterocycles. The van der Waals surface area contributed by atoms with Crippen LogP contribution in [0.15, 0.2) is 24.5 Å². The number of amides is 2. The number of piperidine rings is 1. The molecule has 2 unspecified atom stereocenters. The molecule has 5 heterocycles. The summed E-state index contributed by atoms with van der Waals surface area (Å²) in [7, 11) is 2.17. The molecule has 3 saturated heterocycles. The molecule has 0 aliphatic carbocycles. The van der Waals surface area contributed by atoms with Crippen molar-refractivity contribution in [3.8, 4) is 0 Å². The normalized spacial score (nSPS) is 25.2. The maximum absolute atomic E-state index is 12.6. The van der Waals surface area contributed by atoms with Crippen LogP contribution in [0.4, 0.5) is 0 Å². The Morgan fingerprint density at radius 2 is 2.16 bits per heavy atom. The quantitative estimate of drug-likeness (QED) is 0.732. The van der Waals surface area contributed by atoms with E-state index in [9.17, 15) is 9.59 Å². The third kappa shape index (κ3) is 4.36. The van der Waals surface area contributed by atoms with Crippen LogP contribution < -0.4 is 5.32 Å². The van der Waals surface area contributed by atoms with E-state index in [4.69, 9.17) is 4.74 Å². The van der Waals surface area contributed by atoms with Gasteiger partial charge in [-0.05, 0) is 51.8 Å². The van der Waals surface area contributed by atoms with Gasteiger partial charge in [0.05, 0.1) is 19.2 Å². The van der Waals surface area contributed by atoms with E-state index in [1.54, 1.807) is 29.0 Å². The van der Waals surface area contributed by atoms with Crippen LogP contribution in [0.25, 0.3) is 5.65 Å². The van der Waals surface area contributed by atoms with Crippen LogP contribution in [0.1, 0.15) is 55.4 Å². The summed E-state index contributed by atoms with van der Waals surface area (Å²) in [5.74, 6) is 0.0218. The van der Waals surface area contributed by atoms with Gasteiger partial charge in [0.1, 0.15) is 5.60 Å². The lowest BCUT2D eigenvalue weighted by atomic mass is 9.90. The van der Waals surface area contributed by atoms with Gasteiger partial charge in [-0.2, -0.15) is 5.10 Å². The van der Waals surface area contributed by atoms with Crippen molar-refractivity contribution in [3.63, 3.8) is 0 Å². The second kappa shape index (κ2) is 8.78. The molecule has 0 radical (unpaired) electrons. The standard InChI is InChI=1S/C23H32N6O3/c1-27-11-3-2-5-17(27)6-7-21(30)28-15-23(16-28)9-8-18(32-23)14-25-22(31)19-13-20-24-10-4-12-29(20)26-19/h4,10,12-13,17-18H,2-3,5-9,11,14-16H2,1H3,(H,25,31). The SMILES string of the molecule is CN1CCCCC1CCC(=O)N1CC2(CCC(CNC(=O)c3cc4ncccn4n3)O2)C1. The topological polar surface area (TPSA) is 92.1 Å². The van der Waals surface area contributed by atoms with Crippen LogP contribution in [0.2, 0.25) is 0 Å². The number of nitrogens with zero attached hydrogens (tertiary/aromatic N) is 5. The fourth-order valence-corrected chi connectivity index (χ4v) is 5.29. The highest BCUT2D eigenvalue weighted by atomic mass is 16.5. The molecule has 172 valence electrons. The molecular formula is C23H32N6O3. The molecule has 9 heteroatoms. The van der Waals surface area contributed by atoms with Crippen molar-refractivity contribution in [3.05, 3.63) is 30.2 Å². The van der Waals surface area contributed by atoms with E-state index in [0.29, 0.717) is 43.4 Å².